The maximum Gasteiger partial charge on any atom is 0.272 e. The third kappa shape index (κ3) is 2.50. The molecule has 3 atom stereocenters. The van der Waals surface area contributed by atoms with Gasteiger partial charge in [0.1, 0.15) is 11.8 Å². The van der Waals surface area contributed by atoms with Crippen LogP contribution < -0.4 is 0 Å². The van der Waals surface area contributed by atoms with Crippen LogP contribution in [0.25, 0.3) is 0 Å². The molecule has 2 aromatic rings. The molecule has 2 aromatic heterocycles. The zero-order valence-electron chi connectivity index (χ0n) is 14.1. The van der Waals surface area contributed by atoms with Crippen LogP contribution in [0.1, 0.15) is 47.3 Å². The van der Waals surface area contributed by atoms with E-state index in [0.29, 0.717) is 43.0 Å². The largest absolute Gasteiger partial charge is 0.365 e. The van der Waals surface area contributed by atoms with Crippen LogP contribution in [0.4, 0.5) is 0 Å². The number of carbonyl (C=O) groups is 1. The first-order valence-electron chi connectivity index (χ1n) is 8.34. The second kappa shape index (κ2) is 5.70. The van der Waals surface area contributed by atoms with Gasteiger partial charge in [0.15, 0.2) is 0 Å². The molecule has 0 aromatic carbocycles. The summed E-state index contributed by atoms with van der Waals surface area (Å²) in [5, 5.41) is 8.31. The zero-order valence-corrected chi connectivity index (χ0v) is 14.1. The van der Waals surface area contributed by atoms with E-state index in [-0.39, 0.29) is 18.1 Å². The molecule has 0 bridgehead atoms. The van der Waals surface area contributed by atoms with Crippen LogP contribution in [0.15, 0.2) is 10.6 Å². The molecule has 1 amide bonds. The Morgan fingerprint density at radius 3 is 2.88 bits per heavy atom. The summed E-state index contributed by atoms with van der Waals surface area (Å²) < 4.78 is 12.9. The number of hydrogen-bond acceptors (Lipinski definition) is 6. The Bertz CT molecular complexity index is 754. The van der Waals surface area contributed by atoms with Crippen LogP contribution in [0.3, 0.4) is 0 Å². The highest BCUT2D eigenvalue weighted by atomic mass is 16.5. The van der Waals surface area contributed by atoms with E-state index in [2.05, 4.69) is 15.2 Å². The number of rotatable bonds is 3. The second-order valence-electron chi connectivity index (χ2n) is 6.53. The fourth-order valence-electron chi connectivity index (χ4n) is 3.66. The normalized spacial score (nSPS) is 26.1. The predicted molar refractivity (Wildman–Crippen MR) is 83.3 cm³/mol. The molecule has 2 fully saturated rings. The van der Waals surface area contributed by atoms with E-state index in [9.17, 15) is 4.79 Å². The van der Waals surface area contributed by atoms with E-state index in [1.807, 2.05) is 24.8 Å². The lowest BCUT2D eigenvalue weighted by Gasteiger charge is -2.18. The van der Waals surface area contributed by atoms with Gasteiger partial charge in [-0.1, -0.05) is 5.16 Å². The number of likely N-dealkylation sites (tertiary alicyclic amines) is 1. The number of ether oxygens (including phenoxy) is 1. The lowest BCUT2D eigenvalue weighted by molar-refractivity contribution is 0.0302. The average molecular weight is 331 g/mol. The van der Waals surface area contributed by atoms with Gasteiger partial charge >= 0.3 is 0 Å². The van der Waals surface area contributed by atoms with Gasteiger partial charge in [0.25, 0.3) is 5.91 Å². The second-order valence-corrected chi connectivity index (χ2v) is 6.53. The Labute approximate surface area is 139 Å². The minimum atomic E-state index is -0.127. The molecule has 8 nitrogen and oxygen atoms in total. The van der Waals surface area contributed by atoms with Gasteiger partial charge in [0.05, 0.1) is 11.8 Å². The van der Waals surface area contributed by atoms with E-state index in [1.165, 1.54) is 0 Å². The summed E-state index contributed by atoms with van der Waals surface area (Å²) in [5.41, 5.74) is 1.52. The molecule has 4 heterocycles. The average Bonchev–Trinajstić information content (AvgIpc) is 3.27. The van der Waals surface area contributed by atoms with Crippen LogP contribution in [-0.2, 0) is 11.3 Å². The molecule has 0 spiro atoms. The number of hydrogen-bond donors (Lipinski definition) is 0. The highest BCUT2D eigenvalue weighted by Gasteiger charge is 2.45. The molecular formula is C16H21N5O3. The number of nitrogens with zero attached hydrogens (tertiary/aromatic N) is 5. The van der Waals surface area contributed by atoms with E-state index in [0.717, 1.165) is 12.1 Å². The summed E-state index contributed by atoms with van der Waals surface area (Å²) in [7, 11) is 0. The van der Waals surface area contributed by atoms with Crippen molar-refractivity contribution < 1.29 is 14.1 Å². The van der Waals surface area contributed by atoms with Gasteiger partial charge in [-0.2, -0.15) is 10.1 Å². The molecule has 8 heteroatoms. The van der Waals surface area contributed by atoms with E-state index >= 15 is 0 Å². The van der Waals surface area contributed by atoms with Crippen LogP contribution >= 0.6 is 0 Å². The van der Waals surface area contributed by atoms with Gasteiger partial charge in [-0.25, -0.2) is 0 Å². The van der Waals surface area contributed by atoms with Crippen molar-refractivity contribution in [2.75, 3.05) is 13.1 Å². The predicted octanol–water partition coefficient (Wildman–Crippen LogP) is 1.51. The topological polar surface area (TPSA) is 86.3 Å². The third-order valence-electron chi connectivity index (χ3n) is 4.78. The summed E-state index contributed by atoms with van der Waals surface area (Å²) >= 11 is 0. The quantitative estimate of drug-likeness (QED) is 0.847. The van der Waals surface area contributed by atoms with E-state index in [1.54, 1.807) is 11.6 Å². The van der Waals surface area contributed by atoms with Crippen LogP contribution in [0.2, 0.25) is 0 Å². The van der Waals surface area contributed by atoms with Crippen molar-refractivity contribution in [3.63, 3.8) is 0 Å². The Hall–Kier alpha value is -2.22. The van der Waals surface area contributed by atoms with Crippen molar-refractivity contribution in [3.05, 3.63) is 29.2 Å². The molecule has 128 valence electrons. The van der Waals surface area contributed by atoms with Crippen molar-refractivity contribution >= 4 is 5.91 Å². The molecule has 0 unspecified atom stereocenters. The van der Waals surface area contributed by atoms with Crippen molar-refractivity contribution in [3.8, 4) is 0 Å². The smallest absolute Gasteiger partial charge is 0.272 e. The highest BCUT2D eigenvalue weighted by Crippen LogP contribution is 2.40. The van der Waals surface area contributed by atoms with Crippen LogP contribution in [0.5, 0.6) is 0 Å². The monoisotopic (exact) mass is 331 g/mol. The minimum absolute atomic E-state index is 0.0300. The Morgan fingerprint density at radius 2 is 2.21 bits per heavy atom. The van der Waals surface area contributed by atoms with Crippen molar-refractivity contribution in [1.82, 2.24) is 24.8 Å². The van der Waals surface area contributed by atoms with Gasteiger partial charge in [0, 0.05) is 32.5 Å². The fraction of sp³-hybridized carbons (Fsp3) is 0.625. The first-order chi connectivity index (χ1) is 11.5. The molecule has 0 N–H and O–H groups in total. The molecule has 0 saturated carbocycles. The highest BCUT2D eigenvalue weighted by molar-refractivity contribution is 5.93. The lowest BCUT2D eigenvalue weighted by Crippen LogP contribution is -2.32. The Morgan fingerprint density at radius 1 is 1.38 bits per heavy atom. The lowest BCUT2D eigenvalue weighted by atomic mass is 10.0. The van der Waals surface area contributed by atoms with Crippen molar-refractivity contribution in [2.45, 2.75) is 45.9 Å². The number of carbonyl (C=O) groups excluding carboxylic acids is 1. The summed E-state index contributed by atoms with van der Waals surface area (Å²) in [4.78, 5) is 18.9. The number of aryl methyl sites for hydroxylation is 3. The minimum Gasteiger partial charge on any atom is -0.365 e. The molecule has 4 rings (SSSR count). The van der Waals surface area contributed by atoms with Crippen molar-refractivity contribution in [1.29, 1.82) is 0 Å². The van der Waals surface area contributed by atoms with Gasteiger partial charge in [0.2, 0.25) is 11.7 Å². The molecule has 2 aliphatic heterocycles. The molecule has 2 saturated heterocycles. The molecule has 24 heavy (non-hydrogen) atoms. The van der Waals surface area contributed by atoms with E-state index < -0.39 is 0 Å². The molecule has 2 aliphatic rings. The molecule has 0 radical (unpaired) electrons. The SMILES string of the molecule is CCn1nc(C)cc1C(=O)N1C[C@H]2C[C@H](c3noc(C)n3)O[C@H]2C1. The maximum absolute atomic E-state index is 12.8. The third-order valence-corrected chi connectivity index (χ3v) is 4.78. The van der Waals surface area contributed by atoms with Gasteiger partial charge < -0.3 is 14.2 Å². The molecule has 0 aliphatic carbocycles. The van der Waals surface area contributed by atoms with Gasteiger partial charge in [-0.3, -0.25) is 9.48 Å². The van der Waals surface area contributed by atoms with Crippen molar-refractivity contribution in [2.24, 2.45) is 5.92 Å². The van der Waals surface area contributed by atoms with Crippen LogP contribution in [-0.4, -0.2) is 49.9 Å². The first-order valence-corrected chi connectivity index (χ1v) is 8.34. The summed E-state index contributed by atoms with van der Waals surface area (Å²) in [6, 6.07) is 1.85. The number of fused-ring (bicyclic) bond motifs is 1. The summed E-state index contributed by atoms with van der Waals surface area (Å²) in [6.45, 7) is 7.65. The maximum atomic E-state index is 12.8. The number of amides is 1. The fourth-order valence-corrected chi connectivity index (χ4v) is 3.66. The summed E-state index contributed by atoms with van der Waals surface area (Å²) in [5.74, 6) is 1.50. The Kier molecular flexibility index (Phi) is 3.64. The van der Waals surface area contributed by atoms with Gasteiger partial charge in [-0.05, 0) is 26.3 Å². The zero-order chi connectivity index (χ0) is 16.8. The van der Waals surface area contributed by atoms with E-state index in [4.69, 9.17) is 9.26 Å². The summed E-state index contributed by atoms with van der Waals surface area (Å²) in [6.07, 6.45) is 0.731. The number of aromatic nitrogens is 4. The van der Waals surface area contributed by atoms with Crippen LogP contribution in [0, 0.1) is 19.8 Å². The standard InChI is InChI=1S/C16H21N5O3/c1-4-21-12(5-9(2)18-21)16(22)20-7-11-6-13(23-14(11)8-20)15-17-10(3)24-19-15/h5,11,13-14H,4,6-8H2,1-3H3/t11-,13-,14+/m1/s1. The molecular weight excluding hydrogens is 310 g/mol. The van der Waals surface area contributed by atoms with Gasteiger partial charge in [-0.15, -0.1) is 0 Å². The first kappa shape index (κ1) is 15.3. The Balaban J connectivity index is 1.44.